The predicted molar refractivity (Wildman–Crippen MR) is 77.3 cm³/mol. The van der Waals surface area contributed by atoms with E-state index in [0.29, 0.717) is 18.9 Å². The Bertz CT molecular complexity index is 449. The van der Waals surface area contributed by atoms with E-state index in [0.717, 1.165) is 24.5 Å². The Morgan fingerprint density at radius 1 is 1.20 bits per heavy atom. The van der Waals surface area contributed by atoms with Gasteiger partial charge in [0.2, 0.25) is 6.79 Å². The molecule has 1 N–H and O–H groups in total. The Labute approximate surface area is 120 Å². The molecule has 0 aromatic heterocycles. The number of methoxy groups -OCH3 is 1. The van der Waals surface area contributed by atoms with Gasteiger partial charge >= 0.3 is 0 Å². The minimum atomic E-state index is 0.342. The number of hydrogen-bond acceptors (Lipinski definition) is 4. The van der Waals surface area contributed by atoms with E-state index < -0.39 is 0 Å². The summed E-state index contributed by atoms with van der Waals surface area (Å²) in [7, 11) is 1.82. The average Bonchev–Trinajstić information content (AvgIpc) is 2.95. The highest BCUT2D eigenvalue weighted by atomic mass is 16.7. The third-order valence-electron chi connectivity index (χ3n) is 4.26. The molecule has 3 rings (SSSR count). The number of hydrogen-bond donors (Lipinski definition) is 1. The third kappa shape index (κ3) is 3.07. The van der Waals surface area contributed by atoms with Crippen LogP contribution in [0.4, 0.5) is 0 Å². The molecule has 2 atom stereocenters. The maximum atomic E-state index is 5.57. The molecule has 1 aliphatic carbocycles. The molecule has 4 nitrogen and oxygen atoms in total. The summed E-state index contributed by atoms with van der Waals surface area (Å²) in [5.41, 5.74) is 1.28. The molecule has 1 saturated carbocycles. The highest BCUT2D eigenvalue weighted by Gasteiger charge is 2.24. The lowest BCUT2D eigenvalue weighted by Gasteiger charge is -2.31. The Morgan fingerprint density at radius 3 is 2.95 bits per heavy atom. The van der Waals surface area contributed by atoms with E-state index in [2.05, 4.69) is 17.4 Å². The molecule has 2 unspecified atom stereocenters. The van der Waals surface area contributed by atoms with E-state index in [9.17, 15) is 0 Å². The lowest BCUT2D eigenvalue weighted by molar-refractivity contribution is 0.0421. The van der Waals surface area contributed by atoms with Crippen LogP contribution in [0, 0.1) is 0 Å². The number of fused-ring (bicyclic) bond motifs is 1. The summed E-state index contributed by atoms with van der Waals surface area (Å²) in [6.07, 6.45) is 6.38. The quantitative estimate of drug-likeness (QED) is 0.897. The fourth-order valence-corrected chi connectivity index (χ4v) is 3.11. The topological polar surface area (TPSA) is 39.7 Å². The second kappa shape index (κ2) is 6.46. The van der Waals surface area contributed by atoms with Gasteiger partial charge in [0.25, 0.3) is 0 Å². The van der Waals surface area contributed by atoms with Crippen molar-refractivity contribution in [3.05, 3.63) is 23.8 Å². The summed E-state index contributed by atoms with van der Waals surface area (Å²) < 4.78 is 16.3. The molecular weight excluding hydrogens is 254 g/mol. The van der Waals surface area contributed by atoms with Gasteiger partial charge in [-0.15, -0.1) is 0 Å². The number of nitrogens with one attached hydrogen (secondary N) is 1. The van der Waals surface area contributed by atoms with Crippen LogP contribution in [-0.4, -0.2) is 32.6 Å². The summed E-state index contributed by atoms with van der Waals surface area (Å²) in [4.78, 5) is 0. The SMILES string of the molecule is COC1CCCCC1NCCc1ccc2c(c1)OCO2. The normalized spacial score (nSPS) is 24.9. The van der Waals surface area contributed by atoms with Gasteiger partial charge in [-0.1, -0.05) is 18.9 Å². The predicted octanol–water partition coefficient (Wildman–Crippen LogP) is 2.51. The van der Waals surface area contributed by atoms with Crippen molar-refractivity contribution in [2.75, 3.05) is 20.4 Å². The van der Waals surface area contributed by atoms with Gasteiger partial charge < -0.3 is 19.5 Å². The van der Waals surface area contributed by atoms with E-state index >= 15 is 0 Å². The Kier molecular flexibility index (Phi) is 4.43. The van der Waals surface area contributed by atoms with Crippen molar-refractivity contribution >= 4 is 0 Å². The summed E-state index contributed by atoms with van der Waals surface area (Å²) in [5.74, 6) is 1.73. The standard InChI is InChI=1S/C16H23NO3/c1-18-14-5-3-2-4-13(14)17-9-8-12-6-7-15-16(10-12)20-11-19-15/h6-7,10,13-14,17H,2-5,8-9,11H2,1H3. The zero-order chi connectivity index (χ0) is 13.8. The van der Waals surface area contributed by atoms with Crippen molar-refractivity contribution in [3.63, 3.8) is 0 Å². The van der Waals surface area contributed by atoms with Crippen molar-refractivity contribution in [2.24, 2.45) is 0 Å². The zero-order valence-electron chi connectivity index (χ0n) is 12.1. The first-order valence-electron chi connectivity index (χ1n) is 7.51. The third-order valence-corrected chi connectivity index (χ3v) is 4.26. The first-order chi connectivity index (χ1) is 9.86. The zero-order valence-corrected chi connectivity index (χ0v) is 12.1. The van der Waals surface area contributed by atoms with E-state index in [1.54, 1.807) is 0 Å². The molecule has 0 radical (unpaired) electrons. The van der Waals surface area contributed by atoms with E-state index in [1.165, 1.54) is 31.2 Å². The fraction of sp³-hybridized carbons (Fsp3) is 0.625. The van der Waals surface area contributed by atoms with Crippen LogP contribution in [0.25, 0.3) is 0 Å². The minimum absolute atomic E-state index is 0.342. The van der Waals surface area contributed by atoms with Crippen LogP contribution in [0.15, 0.2) is 18.2 Å². The highest BCUT2D eigenvalue weighted by Crippen LogP contribution is 2.32. The minimum Gasteiger partial charge on any atom is -0.454 e. The average molecular weight is 277 g/mol. The van der Waals surface area contributed by atoms with Crippen LogP contribution in [0.1, 0.15) is 31.2 Å². The van der Waals surface area contributed by atoms with Gasteiger partial charge in [-0.2, -0.15) is 0 Å². The van der Waals surface area contributed by atoms with Gasteiger partial charge in [-0.05, 0) is 43.5 Å². The molecule has 1 aliphatic heterocycles. The first-order valence-corrected chi connectivity index (χ1v) is 7.51. The largest absolute Gasteiger partial charge is 0.454 e. The van der Waals surface area contributed by atoms with Crippen molar-refractivity contribution in [1.82, 2.24) is 5.32 Å². The monoisotopic (exact) mass is 277 g/mol. The van der Waals surface area contributed by atoms with E-state index in [1.807, 2.05) is 13.2 Å². The molecule has 0 amide bonds. The molecule has 0 saturated heterocycles. The Hall–Kier alpha value is -1.26. The van der Waals surface area contributed by atoms with Crippen LogP contribution in [0.3, 0.4) is 0 Å². The van der Waals surface area contributed by atoms with Crippen molar-refractivity contribution in [2.45, 2.75) is 44.2 Å². The summed E-state index contributed by atoms with van der Waals surface area (Å²) in [6, 6.07) is 6.70. The smallest absolute Gasteiger partial charge is 0.231 e. The van der Waals surface area contributed by atoms with Gasteiger partial charge in [0, 0.05) is 13.2 Å². The lowest BCUT2D eigenvalue weighted by atomic mass is 9.92. The number of ether oxygens (including phenoxy) is 3. The van der Waals surface area contributed by atoms with Gasteiger partial charge in [0.15, 0.2) is 11.5 Å². The van der Waals surface area contributed by atoms with Crippen LogP contribution in [0.5, 0.6) is 11.5 Å². The molecule has 4 heteroatoms. The van der Waals surface area contributed by atoms with Gasteiger partial charge in [0.05, 0.1) is 6.10 Å². The molecule has 0 spiro atoms. The summed E-state index contributed by atoms with van der Waals surface area (Å²) in [6.45, 7) is 1.32. The molecule has 1 aromatic carbocycles. The van der Waals surface area contributed by atoms with Crippen LogP contribution in [-0.2, 0) is 11.2 Å². The van der Waals surface area contributed by atoms with Crippen LogP contribution in [0.2, 0.25) is 0 Å². The van der Waals surface area contributed by atoms with E-state index in [4.69, 9.17) is 14.2 Å². The van der Waals surface area contributed by atoms with Crippen LogP contribution < -0.4 is 14.8 Å². The highest BCUT2D eigenvalue weighted by molar-refractivity contribution is 5.44. The second-order valence-electron chi connectivity index (χ2n) is 5.56. The van der Waals surface area contributed by atoms with E-state index in [-0.39, 0.29) is 0 Å². The maximum Gasteiger partial charge on any atom is 0.231 e. The van der Waals surface area contributed by atoms with Crippen LogP contribution >= 0.6 is 0 Å². The Balaban J connectivity index is 1.49. The lowest BCUT2D eigenvalue weighted by Crippen LogP contribution is -2.43. The molecule has 1 aromatic rings. The number of benzene rings is 1. The molecule has 0 bridgehead atoms. The van der Waals surface area contributed by atoms with Gasteiger partial charge in [-0.25, -0.2) is 0 Å². The molecule has 20 heavy (non-hydrogen) atoms. The molecule has 110 valence electrons. The molecule has 2 aliphatic rings. The molecule has 1 fully saturated rings. The molecular formula is C16H23NO3. The second-order valence-corrected chi connectivity index (χ2v) is 5.56. The molecule has 1 heterocycles. The number of rotatable bonds is 5. The van der Waals surface area contributed by atoms with Gasteiger partial charge in [-0.3, -0.25) is 0 Å². The van der Waals surface area contributed by atoms with Crippen molar-refractivity contribution in [3.8, 4) is 11.5 Å². The fourth-order valence-electron chi connectivity index (χ4n) is 3.11. The maximum absolute atomic E-state index is 5.57. The first kappa shape index (κ1) is 13.7. The summed E-state index contributed by atoms with van der Waals surface area (Å²) in [5, 5.41) is 3.64. The van der Waals surface area contributed by atoms with Crippen molar-refractivity contribution in [1.29, 1.82) is 0 Å². The summed E-state index contributed by atoms with van der Waals surface area (Å²) >= 11 is 0. The van der Waals surface area contributed by atoms with Crippen molar-refractivity contribution < 1.29 is 14.2 Å². The van der Waals surface area contributed by atoms with Gasteiger partial charge in [0.1, 0.15) is 0 Å². The Morgan fingerprint density at radius 2 is 2.05 bits per heavy atom.